The maximum atomic E-state index is 12.3. The smallest absolute Gasteiger partial charge is 0.289 e. The Morgan fingerprint density at radius 2 is 1.96 bits per heavy atom. The third-order valence-corrected chi connectivity index (χ3v) is 4.06. The maximum Gasteiger partial charge on any atom is 0.289 e. The van der Waals surface area contributed by atoms with Gasteiger partial charge in [0, 0.05) is 5.56 Å². The van der Waals surface area contributed by atoms with Gasteiger partial charge in [0.15, 0.2) is 0 Å². The number of H-pyrrole nitrogens is 1. The molecule has 0 fully saturated rings. The van der Waals surface area contributed by atoms with E-state index < -0.39 is 0 Å². The quantitative estimate of drug-likeness (QED) is 0.515. The highest BCUT2D eigenvalue weighted by molar-refractivity contribution is 6.00. The molecule has 3 aromatic rings. The fourth-order valence-electron chi connectivity index (χ4n) is 2.55. The average Bonchev–Trinajstić information content (AvgIpc) is 3.17. The molecule has 2 N–H and O–H groups in total. The molecule has 0 saturated carbocycles. The van der Waals surface area contributed by atoms with Gasteiger partial charge in [0.1, 0.15) is 11.4 Å². The number of nitrogens with zero attached hydrogens (tertiary/aromatic N) is 2. The molecule has 6 heteroatoms. The highest BCUT2D eigenvalue weighted by Gasteiger charge is 2.11. The van der Waals surface area contributed by atoms with Crippen molar-refractivity contribution in [2.24, 2.45) is 5.10 Å². The lowest BCUT2D eigenvalue weighted by atomic mass is 10.1. The number of hydrazone groups is 1. The molecule has 0 spiro atoms. The van der Waals surface area contributed by atoms with Gasteiger partial charge < -0.3 is 4.74 Å². The van der Waals surface area contributed by atoms with Crippen LogP contribution in [0.1, 0.15) is 35.5 Å². The molecule has 0 aliphatic rings. The summed E-state index contributed by atoms with van der Waals surface area (Å²) < 4.78 is 5.50. The molecule has 138 valence electrons. The third kappa shape index (κ3) is 4.61. The largest absolute Gasteiger partial charge is 0.494 e. The highest BCUT2D eigenvalue weighted by atomic mass is 16.5. The van der Waals surface area contributed by atoms with Gasteiger partial charge in [0.05, 0.1) is 18.0 Å². The Bertz CT molecular complexity index is 958. The van der Waals surface area contributed by atoms with Gasteiger partial charge in [0.25, 0.3) is 5.91 Å². The summed E-state index contributed by atoms with van der Waals surface area (Å²) >= 11 is 0. The molecule has 1 aromatic heterocycles. The molecule has 0 atom stereocenters. The van der Waals surface area contributed by atoms with Crippen LogP contribution in [0.25, 0.3) is 11.3 Å². The van der Waals surface area contributed by atoms with Crippen molar-refractivity contribution in [3.63, 3.8) is 0 Å². The molecule has 0 radical (unpaired) electrons. The van der Waals surface area contributed by atoms with Crippen LogP contribution in [-0.2, 0) is 0 Å². The summed E-state index contributed by atoms with van der Waals surface area (Å²) in [7, 11) is 0. The monoisotopic (exact) mass is 362 g/mol. The van der Waals surface area contributed by atoms with Crippen molar-refractivity contribution in [2.45, 2.75) is 20.8 Å². The van der Waals surface area contributed by atoms with E-state index in [4.69, 9.17) is 4.74 Å². The lowest BCUT2D eigenvalue weighted by molar-refractivity contribution is 0.0950. The minimum absolute atomic E-state index is 0.340. The summed E-state index contributed by atoms with van der Waals surface area (Å²) in [6.07, 6.45) is 0. The number of carbonyl (C=O) groups is 1. The SMILES string of the molecule is CCOc1cccc(-c2cc(C(=O)N/N=C(/C)c3ccc(C)cc3)[nH]n2)c1. The second-order valence-electron chi connectivity index (χ2n) is 6.13. The predicted molar refractivity (Wildman–Crippen MR) is 106 cm³/mol. The minimum atomic E-state index is -0.346. The number of nitrogens with one attached hydrogen (secondary N) is 2. The van der Waals surface area contributed by atoms with E-state index in [0.717, 1.165) is 22.6 Å². The molecule has 0 aliphatic heterocycles. The molecule has 1 heterocycles. The number of carbonyl (C=O) groups excluding carboxylic acids is 1. The fourth-order valence-corrected chi connectivity index (χ4v) is 2.55. The van der Waals surface area contributed by atoms with Gasteiger partial charge in [-0.25, -0.2) is 5.43 Å². The van der Waals surface area contributed by atoms with Crippen LogP contribution in [0.4, 0.5) is 0 Å². The van der Waals surface area contributed by atoms with Crippen molar-refractivity contribution in [3.05, 3.63) is 71.4 Å². The first-order chi connectivity index (χ1) is 13.1. The van der Waals surface area contributed by atoms with E-state index >= 15 is 0 Å². The van der Waals surface area contributed by atoms with E-state index in [0.29, 0.717) is 18.0 Å². The third-order valence-electron chi connectivity index (χ3n) is 4.06. The van der Waals surface area contributed by atoms with Crippen LogP contribution in [0.5, 0.6) is 5.75 Å². The zero-order valence-corrected chi connectivity index (χ0v) is 15.6. The van der Waals surface area contributed by atoms with Crippen LogP contribution in [0.2, 0.25) is 0 Å². The zero-order valence-electron chi connectivity index (χ0n) is 15.6. The molecule has 0 bridgehead atoms. The van der Waals surface area contributed by atoms with E-state index in [1.807, 2.05) is 69.3 Å². The predicted octanol–water partition coefficient (Wildman–Crippen LogP) is 3.94. The summed E-state index contributed by atoms with van der Waals surface area (Å²) in [5, 5.41) is 11.1. The van der Waals surface area contributed by atoms with Gasteiger partial charge in [-0.1, -0.05) is 42.0 Å². The lowest BCUT2D eigenvalue weighted by Gasteiger charge is -2.03. The van der Waals surface area contributed by atoms with Crippen LogP contribution >= 0.6 is 0 Å². The normalized spacial score (nSPS) is 11.3. The summed E-state index contributed by atoms with van der Waals surface area (Å²) in [5.41, 5.74) is 7.30. The molecule has 0 saturated heterocycles. The molecule has 6 nitrogen and oxygen atoms in total. The van der Waals surface area contributed by atoms with E-state index in [2.05, 4.69) is 20.7 Å². The van der Waals surface area contributed by atoms with Gasteiger partial charge in [-0.05, 0) is 44.5 Å². The maximum absolute atomic E-state index is 12.3. The fraction of sp³-hybridized carbons (Fsp3) is 0.190. The Morgan fingerprint density at radius 3 is 2.70 bits per heavy atom. The summed E-state index contributed by atoms with van der Waals surface area (Å²) in [6, 6.07) is 17.2. The minimum Gasteiger partial charge on any atom is -0.494 e. The Balaban J connectivity index is 1.70. The Morgan fingerprint density at radius 1 is 1.19 bits per heavy atom. The molecular weight excluding hydrogens is 340 g/mol. The summed E-state index contributed by atoms with van der Waals surface area (Å²) in [4.78, 5) is 12.3. The first kappa shape index (κ1) is 18.4. The number of aromatic amines is 1. The van der Waals surface area contributed by atoms with Crippen molar-refractivity contribution >= 4 is 11.6 Å². The van der Waals surface area contributed by atoms with Crippen molar-refractivity contribution in [1.82, 2.24) is 15.6 Å². The van der Waals surface area contributed by atoms with Crippen LogP contribution in [0, 0.1) is 6.92 Å². The van der Waals surface area contributed by atoms with Crippen LogP contribution in [0.15, 0.2) is 59.7 Å². The highest BCUT2D eigenvalue weighted by Crippen LogP contribution is 2.22. The standard InChI is InChI=1S/C21H22N4O2/c1-4-27-18-7-5-6-17(12-18)19-13-20(24-23-19)21(26)25-22-15(3)16-10-8-14(2)9-11-16/h5-13H,4H2,1-3H3,(H,23,24)(H,25,26)/b22-15-. The van der Waals surface area contributed by atoms with Gasteiger partial charge in [-0.15, -0.1) is 0 Å². The molecule has 0 unspecified atom stereocenters. The van der Waals surface area contributed by atoms with Crippen molar-refractivity contribution in [2.75, 3.05) is 6.61 Å². The second-order valence-corrected chi connectivity index (χ2v) is 6.13. The van der Waals surface area contributed by atoms with Gasteiger partial charge in [-0.2, -0.15) is 10.2 Å². The Kier molecular flexibility index (Phi) is 5.66. The van der Waals surface area contributed by atoms with Crippen molar-refractivity contribution in [3.8, 4) is 17.0 Å². The van der Waals surface area contributed by atoms with Crippen LogP contribution < -0.4 is 10.2 Å². The van der Waals surface area contributed by atoms with E-state index in [9.17, 15) is 4.79 Å². The van der Waals surface area contributed by atoms with E-state index in [1.165, 1.54) is 5.56 Å². The van der Waals surface area contributed by atoms with Crippen LogP contribution in [-0.4, -0.2) is 28.4 Å². The zero-order chi connectivity index (χ0) is 19.2. The first-order valence-corrected chi connectivity index (χ1v) is 8.77. The van der Waals surface area contributed by atoms with Crippen molar-refractivity contribution in [1.29, 1.82) is 0 Å². The second kappa shape index (κ2) is 8.31. The molecule has 2 aromatic carbocycles. The number of hydrogen-bond acceptors (Lipinski definition) is 4. The Labute approximate surface area is 158 Å². The average molecular weight is 362 g/mol. The number of hydrogen-bond donors (Lipinski definition) is 2. The number of aryl methyl sites for hydroxylation is 1. The van der Waals surface area contributed by atoms with E-state index in [-0.39, 0.29) is 5.91 Å². The molecule has 0 aliphatic carbocycles. The number of ether oxygens (including phenoxy) is 1. The topological polar surface area (TPSA) is 79.4 Å². The lowest BCUT2D eigenvalue weighted by Crippen LogP contribution is -2.19. The van der Waals surface area contributed by atoms with Crippen molar-refractivity contribution < 1.29 is 9.53 Å². The van der Waals surface area contributed by atoms with Gasteiger partial charge >= 0.3 is 0 Å². The Hall–Kier alpha value is -3.41. The van der Waals surface area contributed by atoms with Crippen LogP contribution in [0.3, 0.4) is 0 Å². The molecule has 27 heavy (non-hydrogen) atoms. The van der Waals surface area contributed by atoms with Gasteiger partial charge in [-0.3, -0.25) is 9.89 Å². The molecular formula is C21H22N4O2. The number of rotatable bonds is 6. The number of benzene rings is 2. The van der Waals surface area contributed by atoms with E-state index in [1.54, 1.807) is 6.07 Å². The molecule has 1 amide bonds. The summed E-state index contributed by atoms with van der Waals surface area (Å²) in [5.74, 6) is 0.420. The summed E-state index contributed by atoms with van der Waals surface area (Å²) in [6.45, 7) is 6.40. The van der Waals surface area contributed by atoms with Gasteiger partial charge in [0.2, 0.25) is 0 Å². The molecule has 3 rings (SSSR count). The number of amides is 1. The number of aromatic nitrogens is 2. The first-order valence-electron chi connectivity index (χ1n) is 8.77.